The van der Waals surface area contributed by atoms with E-state index in [4.69, 9.17) is 10.1 Å². The number of amides is 1. The maximum absolute atomic E-state index is 11.3. The maximum Gasteiger partial charge on any atom is 0.325 e. The van der Waals surface area contributed by atoms with Gasteiger partial charge in [0.1, 0.15) is 6.54 Å². The summed E-state index contributed by atoms with van der Waals surface area (Å²) in [5.74, 6) is -0.615. The summed E-state index contributed by atoms with van der Waals surface area (Å²) >= 11 is 0. The van der Waals surface area contributed by atoms with Gasteiger partial charge in [-0.2, -0.15) is 0 Å². The number of nitrogens with zero attached hydrogens (tertiary/aromatic N) is 1. The minimum Gasteiger partial charge on any atom is -0.464 e. The quantitative estimate of drug-likeness (QED) is 0.574. The summed E-state index contributed by atoms with van der Waals surface area (Å²) in [6, 6.07) is 0. The van der Waals surface area contributed by atoms with Crippen molar-refractivity contribution in [3.63, 3.8) is 0 Å². The second-order valence-electron chi connectivity index (χ2n) is 3.78. The number of guanidine groups is 1. The van der Waals surface area contributed by atoms with Gasteiger partial charge in [-0.1, -0.05) is 0 Å². The number of likely N-dealkylation sites (N-methyl/N-ethyl adjacent to an activating group) is 1. The fraction of sp³-hybridized carbons (Fsp3) is 0.700. The largest absolute Gasteiger partial charge is 0.464 e. The van der Waals surface area contributed by atoms with Crippen molar-refractivity contribution < 1.29 is 14.3 Å². The van der Waals surface area contributed by atoms with Crippen LogP contribution < -0.4 is 5.32 Å². The van der Waals surface area contributed by atoms with Gasteiger partial charge in [0.25, 0.3) is 0 Å². The Hall–Kier alpha value is -1.59. The lowest BCUT2D eigenvalue weighted by Gasteiger charge is -2.19. The molecule has 1 aliphatic rings. The van der Waals surface area contributed by atoms with Crippen LogP contribution in [0.4, 0.5) is 0 Å². The molecule has 0 radical (unpaired) electrons. The van der Waals surface area contributed by atoms with Crippen molar-refractivity contribution in [2.24, 2.45) is 0 Å². The van der Waals surface area contributed by atoms with E-state index in [0.29, 0.717) is 13.0 Å². The standard InChI is InChI=1S/C10H17N3O3/c1-13-7-9(15)16-6-4-2-3-5-8(14)12-10(13)11/h2-7H2,1H3,(H2,11,12,14). The van der Waals surface area contributed by atoms with Gasteiger partial charge in [-0.15, -0.1) is 0 Å². The first-order valence-electron chi connectivity index (χ1n) is 5.35. The number of nitrogens with one attached hydrogen (secondary N) is 2. The van der Waals surface area contributed by atoms with Crippen molar-refractivity contribution in [1.82, 2.24) is 10.2 Å². The molecule has 2 N–H and O–H groups in total. The number of carbonyl (C=O) groups excluding carboxylic acids is 2. The summed E-state index contributed by atoms with van der Waals surface area (Å²) in [6.07, 6.45) is 2.79. The van der Waals surface area contributed by atoms with E-state index in [1.165, 1.54) is 4.90 Å². The summed E-state index contributed by atoms with van der Waals surface area (Å²) in [6.45, 7) is 0.376. The van der Waals surface area contributed by atoms with Gasteiger partial charge >= 0.3 is 5.97 Å². The predicted octanol–water partition coefficient (Wildman–Crippen LogP) is 0.0864. The Labute approximate surface area is 94.4 Å². The number of hydrogen-bond donors (Lipinski definition) is 2. The Balaban J connectivity index is 2.55. The molecule has 0 aromatic rings. The summed E-state index contributed by atoms with van der Waals surface area (Å²) in [5.41, 5.74) is 0. The number of rotatable bonds is 0. The Kier molecular flexibility index (Phi) is 4.75. The van der Waals surface area contributed by atoms with Gasteiger partial charge in [-0.3, -0.25) is 20.3 Å². The first-order valence-corrected chi connectivity index (χ1v) is 5.35. The fourth-order valence-corrected chi connectivity index (χ4v) is 1.36. The zero-order chi connectivity index (χ0) is 12.0. The topological polar surface area (TPSA) is 82.5 Å². The van der Waals surface area contributed by atoms with Crippen LogP contribution in [0.15, 0.2) is 0 Å². The normalized spacial score (nSPS) is 20.6. The molecular formula is C10H17N3O3. The van der Waals surface area contributed by atoms with Crippen molar-refractivity contribution in [3.8, 4) is 0 Å². The van der Waals surface area contributed by atoms with Gasteiger partial charge in [0, 0.05) is 13.5 Å². The third kappa shape index (κ3) is 4.29. The number of hydrogen-bond acceptors (Lipinski definition) is 4. The summed E-state index contributed by atoms with van der Waals surface area (Å²) in [4.78, 5) is 24.0. The lowest BCUT2D eigenvalue weighted by atomic mass is 10.2. The van der Waals surface area contributed by atoms with E-state index in [-0.39, 0.29) is 24.4 Å². The second kappa shape index (κ2) is 6.09. The summed E-state index contributed by atoms with van der Waals surface area (Å²) < 4.78 is 4.97. The van der Waals surface area contributed by atoms with Gasteiger partial charge in [0.05, 0.1) is 6.61 Å². The molecule has 1 aliphatic heterocycles. The average molecular weight is 227 g/mol. The Morgan fingerprint density at radius 3 is 2.81 bits per heavy atom. The molecule has 1 amide bonds. The SMILES string of the molecule is CN1CC(=O)OCCCCCC(=O)NC1=N. The number of cyclic esters (lactones) is 1. The summed E-state index contributed by atoms with van der Waals surface area (Å²) in [7, 11) is 1.57. The smallest absolute Gasteiger partial charge is 0.325 e. The third-order valence-corrected chi connectivity index (χ3v) is 2.32. The number of ether oxygens (including phenoxy) is 1. The van der Waals surface area contributed by atoms with Crippen LogP contribution in [0.1, 0.15) is 25.7 Å². The van der Waals surface area contributed by atoms with Crippen LogP contribution in [0.5, 0.6) is 0 Å². The van der Waals surface area contributed by atoms with E-state index in [1.54, 1.807) is 7.05 Å². The first-order chi connectivity index (χ1) is 7.59. The first kappa shape index (κ1) is 12.5. The molecule has 90 valence electrons. The summed E-state index contributed by atoms with van der Waals surface area (Å²) in [5, 5.41) is 9.96. The lowest BCUT2D eigenvalue weighted by Crippen LogP contribution is -2.43. The highest BCUT2D eigenvalue weighted by molar-refractivity contribution is 5.96. The molecule has 0 unspecified atom stereocenters. The molecule has 0 atom stereocenters. The highest BCUT2D eigenvalue weighted by atomic mass is 16.5. The zero-order valence-corrected chi connectivity index (χ0v) is 9.41. The molecule has 0 bridgehead atoms. The predicted molar refractivity (Wildman–Crippen MR) is 57.9 cm³/mol. The Morgan fingerprint density at radius 1 is 1.31 bits per heavy atom. The van der Waals surface area contributed by atoms with E-state index in [9.17, 15) is 9.59 Å². The van der Waals surface area contributed by atoms with Gasteiger partial charge in [0.2, 0.25) is 5.91 Å². The van der Waals surface area contributed by atoms with Gasteiger partial charge in [-0.05, 0) is 19.3 Å². The van der Waals surface area contributed by atoms with Crippen LogP contribution in [0.2, 0.25) is 0 Å². The van der Waals surface area contributed by atoms with Crippen LogP contribution in [-0.4, -0.2) is 42.9 Å². The van der Waals surface area contributed by atoms with Crippen molar-refractivity contribution in [3.05, 3.63) is 0 Å². The van der Waals surface area contributed by atoms with Gasteiger partial charge < -0.3 is 9.64 Å². The molecule has 0 saturated carbocycles. The Morgan fingerprint density at radius 2 is 2.06 bits per heavy atom. The minimum atomic E-state index is -0.373. The van der Waals surface area contributed by atoms with Crippen molar-refractivity contribution in [2.45, 2.75) is 25.7 Å². The molecule has 0 aliphatic carbocycles. The monoisotopic (exact) mass is 227 g/mol. The highest BCUT2D eigenvalue weighted by Crippen LogP contribution is 2.02. The molecule has 1 saturated heterocycles. The zero-order valence-electron chi connectivity index (χ0n) is 9.41. The molecule has 1 heterocycles. The second-order valence-corrected chi connectivity index (χ2v) is 3.78. The number of esters is 1. The van der Waals surface area contributed by atoms with E-state index in [2.05, 4.69) is 5.32 Å². The van der Waals surface area contributed by atoms with E-state index in [1.807, 2.05) is 0 Å². The number of carbonyl (C=O) groups is 2. The molecular weight excluding hydrogens is 210 g/mol. The Bertz CT molecular complexity index is 291. The van der Waals surface area contributed by atoms with E-state index >= 15 is 0 Å². The highest BCUT2D eigenvalue weighted by Gasteiger charge is 2.14. The van der Waals surface area contributed by atoms with Crippen molar-refractivity contribution in [2.75, 3.05) is 20.2 Å². The molecule has 0 spiro atoms. The lowest BCUT2D eigenvalue weighted by molar-refractivity contribution is -0.144. The van der Waals surface area contributed by atoms with Crippen LogP contribution in [-0.2, 0) is 14.3 Å². The maximum atomic E-state index is 11.3. The van der Waals surface area contributed by atoms with Crippen LogP contribution in [0.3, 0.4) is 0 Å². The van der Waals surface area contributed by atoms with Crippen molar-refractivity contribution in [1.29, 1.82) is 5.41 Å². The van der Waals surface area contributed by atoms with Crippen LogP contribution in [0, 0.1) is 5.41 Å². The molecule has 1 fully saturated rings. The molecule has 6 nitrogen and oxygen atoms in total. The van der Waals surface area contributed by atoms with E-state index < -0.39 is 0 Å². The molecule has 0 aromatic heterocycles. The van der Waals surface area contributed by atoms with Crippen LogP contribution >= 0.6 is 0 Å². The van der Waals surface area contributed by atoms with Gasteiger partial charge in [-0.25, -0.2) is 0 Å². The molecule has 0 aromatic carbocycles. The minimum absolute atomic E-state index is 0.0148. The van der Waals surface area contributed by atoms with Crippen LogP contribution in [0.25, 0.3) is 0 Å². The van der Waals surface area contributed by atoms with Gasteiger partial charge in [0.15, 0.2) is 5.96 Å². The molecule has 1 rings (SSSR count). The molecule has 16 heavy (non-hydrogen) atoms. The molecule has 6 heteroatoms. The van der Waals surface area contributed by atoms with Crippen molar-refractivity contribution >= 4 is 17.8 Å². The average Bonchev–Trinajstić information content (AvgIpc) is 2.21. The van der Waals surface area contributed by atoms with E-state index in [0.717, 1.165) is 19.3 Å². The fourth-order valence-electron chi connectivity index (χ4n) is 1.36. The third-order valence-electron chi connectivity index (χ3n) is 2.32.